The van der Waals surface area contributed by atoms with Crippen LogP contribution >= 0.6 is 11.3 Å². The largest absolute Gasteiger partial charge is 0.481 e. The summed E-state index contributed by atoms with van der Waals surface area (Å²) in [6, 6.07) is 0. The first-order chi connectivity index (χ1) is 7.04. The van der Waals surface area contributed by atoms with Gasteiger partial charge in [0, 0.05) is 14.1 Å². The summed E-state index contributed by atoms with van der Waals surface area (Å²) in [6.45, 7) is 0. The van der Waals surface area contributed by atoms with E-state index in [9.17, 15) is 4.79 Å². The zero-order chi connectivity index (χ0) is 11.4. The molecule has 1 heterocycles. The first kappa shape index (κ1) is 11.8. The van der Waals surface area contributed by atoms with Crippen LogP contribution in [-0.4, -0.2) is 37.3 Å². The zero-order valence-corrected chi connectivity index (χ0v) is 9.80. The number of methoxy groups -OCH3 is 1. The van der Waals surface area contributed by atoms with Crippen molar-refractivity contribution in [2.24, 2.45) is 0 Å². The van der Waals surface area contributed by atoms with Crippen molar-refractivity contribution < 1.29 is 14.6 Å². The van der Waals surface area contributed by atoms with Crippen LogP contribution in [0.15, 0.2) is 0 Å². The number of aromatic nitrogens is 1. The number of aryl methyl sites for hydroxylation is 1. The highest BCUT2D eigenvalue weighted by atomic mass is 32.1. The van der Waals surface area contributed by atoms with Gasteiger partial charge in [0.1, 0.15) is 0 Å². The molecule has 0 aliphatic rings. The summed E-state index contributed by atoms with van der Waals surface area (Å²) in [5.74, 6) is -0.276. The fourth-order valence-corrected chi connectivity index (χ4v) is 2.01. The zero-order valence-electron chi connectivity index (χ0n) is 8.98. The maximum Gasteiger partial charge on any atom is 0.303 e. The highest BCUT2D eigenvalue weighted by molar-refractivity contribution is 7.15. The molecule has 1 aromatic rings. The lowest BCUT2D eigenvalue weighted by atomic mass is 10.3. The van der Waals surface area contributed by atoms with E-state index in [1.54, 1.807) is 7.11 Å². The Balaban J connectivity index is 2.80. The molecule has 0 amide bonds. The SMILES string of the molecule is COc1nc(N(C)C)sc1CCC(=O)O. The second-order valence-corrected chi connectivity index (χ2v) is 4.28. The molecule has 6 heteroatoms. The van der Waals surface area contributed by atoms with Crippen molar-refractivity contribution in [1.29, 1.82) is 0 Å². The number of thiazole rings is 1. The van der Waals surface area contributed by atoms with Crippen molar-refractivity contribution in [3.63, 3.8) is 0 Å². The van der Waals surface area contributed by atoms with Crippen molar-refractivity contribution in [2.75, 3.05) is 26.1 Å². The van der Waals surface area contributed by atoms with E-state index in [0.29, 0.717) is 12.3 Å². The van der Waals surface area contributed by atoms with Crippen LogP contribution in [0, 0.1) is 0 Å². The molecule has 5 nitrogen and oxygen atoms in total. The summed E-state index contributed by atoms with van der Waals surface area (Å²) in [6.07, 6.45) is 0.565. The summed E-state index contributed by atoms with van der Waals surface area (Å²) in [5.41, 5.74) is 0. The predicted molar refractivity (Wildman–Crippen MR) is 58.9 cm³/mol. The first-order valence-corrected chi connectivity index (χ1v) is 5.29. The van der Waals surface area contributed by atoms with Gasteiger partial charge in [-0.05, 0) is 6.42 Å². The summed E-state index contributed by atoms with van der Waals surface area (Å²) in [4.78, 5) is 17.4. The number of rotatable bonds is 5. The van der Waals surface area contributed by atoms with Crippen molar-refractivity contribution in [3.05, 3.63) is 4.88 Å². The molecule has 0 aliphatic carbocycles. The van der Waals surface area contributed by atoms with Gasteiger partial charge in [-0.3, -0.25) is 4.79 Å². The number of hydrogen-bond donors (Lipinski definition) is 1. The highest BCUT2D eigenvalue weighted by Crippen LogP contribution is 2.31. The normalized spacial score (nSPS) is 10.1. The third-order valence-electron chi connectivity index (χ3n) is 1.79. The monoisotopic (exact) mass is 230 g/mol. The minimum atomic E-state index is -0.808. The molecule has 0 unspecified atom stereocenters. The Morgan fingerprint density at radius 1 is 1.60 bits per heavy atom. The maximum atomic E-state index is 10.4. The number of carboxylic acid groups (broad SMARTS) is 1. The molecule has 0 spiro atoms. The van der Waals surface area contributed by atoms with Crippen LogP contribution in [-0.2, 0) is 11.2 Å². The third-order valence-corrected chi connectivity index (χ3v) is 3.06. The van der Waals surface area contributed by atoms with Crippen LogP contribution in [0.5, 0.6) is 5.88 Å². The van der Waals surface area contributed by atoms with Gasteiger partial charge in [-0.1, -0.05) is 11.3 Å². The van der Waals surface area contributed by atoms with E-state index >= 15 is 0 Å². The van der Waals surface area contributed by atoms with Gasteiger partial charge in [0.2, 0.25) is 5.88 Å². The van der Waals surface area contributed by atoms with Crippen molar-refractivity contribution in [3.8, 4) is 5.88 Å². The lowest BCUT2D eigenvalue weighted by molar-refractivity contribution is -0.136. The number of carboxylic acids is 1. The maximum absolute atomic E-state index is 10.4. The number of carbonyl (C=O) groups is 1. The molecule has 0 saturated heterocycles. The number of nitrogens with zero attached hydrogens (tertiary/aromatic N) is 2. The smallest absolute Gasteiger partial charge is 0.303 e. The number of anilines is 1. The Kier molecular flexibility index (Phi) is 3.90. The molecule has 0 fully saturated rings. The van der Waals surface area contributed by atoms with E-state index in [4.69, 9.17) is 9.84 Å². The molecule has 0 bridgehead atoms. The van der Waals surface area contributed by atoms with Crippen LogP contribution < -0.4 is 9.64 Å². The van der Waals surface area contributed by atoms with E-state index in [-0.39, 0.29) is 6.42 Å². The summed E-state index contributed by atoms with van der Waals surface area (Å²) >= 11 is 1.46. The van der Waals surface area contributed by atoms with Crippen molar-refractivity contribution in [2.45, 2.75) is 12.8 Å². The number of aliphatic carboxylic acids is 1. The lowest BCUT2D eigenvalue weighted by Crippen LogP contribution is -2.07. The van der Waals surface area contributed by atoms with Crippen molar-refractivity contribution in [1.82, 2.24) is 4.98 Å². The number of ether oxygens (including phenoxy) is 1. The molecule has 1 N–H and O–H groups in total. The molecule has 0 aliphatic heterocycles. The van der Waals surface area contributed by atoms with Crippen molar-refractivity contribution >= 4 is 22.4 Å². The van der Waals surface area contributed by atoms with Gasteiger partial charge in [0.05, 0.1) is 18.4 Å². The van der Waals surface area contributed by atoms with E-state index in [0.717, 1.165) is 10.0 Å². The van der Waals surface area contributed by atoms with Gasteiger partial charge in [-0.15, -0.1) is 0 Å². The molecule has 1 rings (SSSR count). The van der Waals surface area contributed by atoms with Crippen LogP contribution in [0.3, 0.4) is 0 Å². The minimum Gasteiger partial charge on any atom is -0.481 e. The standard InChI is InChI=1S/C9H14N2O3S/c1-11(2)9-10-8(14-3)6(15-9)4-5-7(12)13/h4-5H2,1-3H3,(H,12,13). The molecule has 0 aromatic carbocycles. The molecular formula is C9H14N2O3S. The van der Waals surface area contributed by atoms with Crippen LogP contribution in [0.4, 0.5) is 5.13 Å². The van der Waals surface area contributed by atoms with Gasteiger partial charge in [-0.2, -0.15) is 4.98 Å². The Morgan fingerprint density at radius 2 is 2.27 bits per heavy atom. The topological polar surface area (TPSA) is 62.7 Å². The van der Waals surface area contributed by atoms with Crippen LogP contribution in [0.1, 0.15) is 11.3 Å². The van der Waals surface area contributed by atoms with E-state index in [1.807, 2.05) is 19.0 Å². The van der Waals surface area contributed by atoms with E-state index in [2.05, 4.69) is 4.98 Å². The van der Waals surface area contributed by atoms with Gasteiger partial charge < -0.3 is 14.7 Å². The third kappa shape index (κ3) is 3.09. The van der Waals surface area contributed by atoms with Gasteiger partial charge in [-0.25, -0.2) is 0 Å². The Morgan fingerprint density at radius 3 is 2.73 bits per heavy atom. The molecule has 15 heavy (non-hydrogen) atoms. The second kappa shape index (κ2) is 4.97. The average molecular weight is 230 g/mol. The lowest BCUT2D eigenvalue weighted by Gasteiger charge is -2.04. The van der Waals surface area contributed by atoms with Crippen LogP contribution in [0.25, 0.3) is 0 Å². The van der Waals surface area contributed by atoms with Gasteiger partial charge in [0.15, 0.2) is 5.13 Å². The van der Waals surface area contributed by atoms with Gasteiger partial charge >= 0.3 is 5.97 Å². The summed E-state index contributed by atoms with van der Waals surface area (Å²) in [7, 11) is 5.32. The van der Waals surface area contributed by atoms with E-state index < -0.39 is 5.97 Å². The summed E-state index contributed by atoms with van der Waals surface area (Å²) < 4.78 is 5.09. The quantitative estimate of drug-likeness (QED) is 0.824. The van der Waals surface area contributed by atoms with E-state index in [1.165, 1.54) is 11.3 Å². The highest BCUT2D eigenvalue weighted by Gasteiger charge is 2.13. The fraction of sp³-hybridized carbons (Fsp3) is 0.556. The molecule has 0 atom stereocenters. The molecule has 1 aromatic heterocycles. The molecule has 0 radical (unpaired) electrons. The fourth-order valence-electron chi connectivity index (χ4n) is 1.06. The minimum absolute atomic E-state index is 0.103. The molecule has 0 saturated carbocycles. The molecule has 84 valence electrons. The average Bonchev–Trinajstić information content (AvgIpc) is 2.57. The van der Waals surface area contributed by atoms with Gasteiger partial charge in [0.25, 0.3) is 0 Å². The van der Waals surface area contributed by atoms with Crippen LogP contribution in [0.2, 0.25) is 0 Å². The Labute approximate surface area is 92.3 Å². The Hall–Kier alpha value is -1.30. The predicted octanol–water partition coefficient (Wildman–Crippen LogP) is 1.23. The first-order valence-electron chi connectivity index (χ1n) is 4.47. The Bertz CT molecular complexity index is 349. The second-order valence-electron chi connectivity index (χ2n) is 3.22. The number of hydrogen-bond acceptors (Lipinski definition) is 5. The summed E-state index contributed by atoms with van der Waals surface area (Å²) in [5, 5.41) is 9.41. The molecular weight excluding hydrogens is 216 g/mol.